The molecule has 4 nitrogen and oxygen atoms in total. The van der Waals surface area contributed by atoms with Crippen LogP contribution in [0.25, 0.3) is 0 Å². The minimum atomic E-state index is 0.357. The van der Waals surface area contributed by atoms with Crippen molar-refractivity contribution in [3.8, 4) is 0 Å². The van der Waals surface area contributed by atoms with Crippen LogP contribution >= 0.6 is 11.8 Å². The number of carbonyl (C=O) groups excluding carboxylic acids is 1. The van der Waals surface area contributed by atoms with Crippen molar-refractivity contribution in [1.82, 2.24) is 9.97 Å². The summed E-state index contributed by atoms with van der Waals surface area (Å²) in [7, 11) is 1.70. The number of hydrogen-bond donors (Lipinski definition) is 1. The Bertz CT molecular complexity index is 290. The summed E-state index contributed by atoms with van der Waals surface area (Å²) in [6, 6.07) is 0. The number of nitrogens with zero attached hydrogens (tertiary/aromatic N) is 2. The SMILES string of the molecule is CNc1nc(SC)ncc1[C]=O. The average molecular weight is 182 g/mol. The van der Waals surface area contributed by atoms with E-state index in [0.717, 1.165) is 0 Å². The number of aromatic nitrogens is 2. The zero-order chi connectivity index (χ0) is 8.97. The van der Waals surface area contributed by atoms with Crippen LogP contribution in [0.15, 0.2) is 11.4 Å². The van der Waals surface area contributed by atoms with Crippen molar-refractivity contribution in [2.24, 2.45) is 0 Å². The zero-order valence-corrected chi connectivity index (χ0v) is 7.60. The molecule has 1 aromatic rings. The van der Waals surface area contributed by atoms with Crippen molar-refractivity contribution in [2.75, 3.05) is 18.6 Å². The highest BCUT2D eigenvalue weighted by Gasteiger charge is 2.03. The number of anilines is 1. The van der Waals surface area contributed by atoms with E-state index in [9.17, 15) is 4.79 Å². The third kappa shape index (κ3) is 1.73. The largest absolute Gasteiger partial charge is 0.372 e. The van der Waals surface area contributed by atoms with Crippen molar-refractivity contribution in [2.45, 2.75) is 5.16 Å². The topological polar surface area (TPSA) is 54.9 Å². The molecule has 0 saturated carbocycles. The van der Waals surface area contributed by atoms with Gasteiger partial charge >= 0.3 is 0 Å². The highest BCUT2D eigenvalue weighted by atomic mass is 32.2. The van der Waals surface area contributed by atoms with E-state index in [4.69, 9.17) is 0 Å². The van der Waals surface area contributed by atoms with Crippen LogP contribution in [0.2, 0.25) is 0 Å². The third-order valence-corrected chi connectivity index (χ3v) is 1.86. The minimum absolute atomic E-state index is 0.357. The molecule has 12 heavy (non-hydrogen) atoms. The first kappa shape index (κ1) is 8.99. The Morgan fingerprint density at radius 1 is 1.67 bits per heavy atom. The van der Waals surface area contributed by atoms with Gasteiger partial charge in [-0.25, -0.2) is 9.97 Å². The Balaban J connectivity index is 3.10. The van der Waals surface area contributed by atoms with Gasteiger partial charge in [-0.15, -0.1) is 0 Å². The van der Waals surface area contributed by atoms with Crippen LogP contribution in [-0.4, -0.2) is 29.6 Å². The molecule has 0 aliphatic carbocycles. The molecule has 1 aromatic heterocycles. The first-order chi connectivity index (χ1) is 5.81. The van der Waals surface area contributed by atoms with Gasteiger partial charge < -0.3 is 5.32 Å². The normalized spacial score (nSPS) is 9.50. The van der Waals surface area contributed by atoms with Gasteiger partial charge in [-0.2, -0.15) is 0 Å². The molecule has 0 aromatic carbocycles. The first-order valence-electron chi connectivity index (χ1n) is 3.28. The molecular weight excluding hydrogens is 174 g/mol. The highest BCUT2D eigenvalue weighted by molar-refractivity contribution is 7.98. The van der Waals surface area contributed by atoms with Gasteiger partial charge in [-0.1, -0.05) is 11.8 Å². The fraction of sp³-hybridized carbons (Fsp3) is 0.286. The van der Waals surface area contributed by atoms with Crippen LogP contribution in [0, 0.1) is 0 Å². The summed E-state index contributed by atoms with van der Waals surface area (Å²) in [4.78, 5) is 18.3. The van der Waals surface area contributed by atoms with Crippen LogP contribution in [0.4, 0.5) is 5.82 Å². The Morgan fingerprint density at radius 2 is 2.42 bits per heavy atom. The number of nitrogens with one attached hydrogen (secondary N) is 1. The molecule has 5 heteroatoms. The van der Waals surface area contributed by atoms with Crippen molar-refractivity contribution < 1.29 is 4.79 Å². The highest BCUT2D eigenvalue weighted by Crippen LogP contribution is 2.13. The van der Waals surface area contributed by atoms with E-state index >= 15 is 0 Å². The first-order valence-corrected chi connectivity index (χ1v) is 4.51. The second kappa shape index (κ2) is 4.06. The number of hydrogen-bond acceptors (Lipinski definition) is 5. The van der Waals surface area contributed by atoms with Gasteiger partial charge in [0.25, 0.3) is 0 Å². The predicted molar refractivity (Wildman–Crippen MR) is 48.2 cm³/mol. The van der Waals surface area contributed by atoms with Crippen LogP contribution in [-0.2, 0) is 4.79 Å². The van der Waals surface area contributed by atoms with Crippen LogP contribution in [0.3, 0.4) is 0 Å². The van der Waals surface area contributed by atoms with Gasteiger partial charge in [0.2, 0.25) is 6.29 Å². The van der Waals surface area contributed by atoms with Gasteiger partial charge in [0, 0.05) is 13.2 Å². The molecule has 0 saturated heterocycles. The molecule has 0 atom stereocenters. The maximum absolute atomic E-state index is 10.3. The minimum Gasteiger partial charge on any atom is -0.372 e. The van der Waals surface area contributed by atoms with Crippen molar-refractivity contribution in [1.29, 1.82) is 0 Å². The maximum atomic E-state index is 10.3. The molecule has 0 fully saturated rings. The van der Waals surface area contributed by atoms with E-state index in [0.29, 0.717) is 16.5 Å². The lowest BCUT2D eigenvalue weighted by atomic mass is 10.3. The lowest BCUT2D eigenvalue weighted by Crippen LogP contribution is -2.00. The van der Waals surface area contributed by atoms with Crippen LogP contribution in [0.5, 0.6) is 0 Å². The van der Waals surface area contributed by atoms with E-state index in [1.807, 2.05) is 6.26 Å². The maximum Gasteiger partial charge on any atom is 0.239 e. The molecule has 1 N–H and O–H groups in total. The summed E-state index contributed by atoms with van der Waals surface area (Å²) in [6.45, 7) is 0. The van der Waals surface area contributed by atoms with Crippen molar-refractivity contribution >= 4 is 23.9 Å². The summed E-state index contributed by atoms with van der Waals surface area (Å²) in [6.07, 6.45) is 5.08. The number of thioether (sulfide) groups is 1. The smallest absolute Gasteiger partial charge is 0.239 e. The molecule has 1 rings (SSSR count). The molecule has 1 heterocycles. The standard InChI is InChI=1S/C7H8N3OS/c1-8-6-5(4-11)3-9-7(10-6)12-2/h3H,1-2H3,(H,8,9,10). The lowest BCUT2D eigenvalue weighted by molar-refractivity contribution is 0.562. The predicted octanol–water partition coefficient (Wildman–Crippen LogP) is 0.698. The second-order valence-electron chi connectivity index (χ2n) is 1.97. The molecule has 0 bridgehead atoms. The van der Waals surface area contributed by atoms with Crippen LogP contribution in [0.1, 0.15) is 5.56 Å². The Hall–Kier alpha value is -1.10. The third-order valence-electron chi connectivity index (χ3n) is 1.30. The second-order valence-corrected chi connectivity index (χ2v) is 2.74. The fourth-order valence-corrected chi connectivity index (χ4v) is 1.07. The molecule has 0 aliphatic heterocycles. The van der Waals surface area contributed by atoms with Crippen LogP contribution < -0.4 is 5.32 Å². The van der Waals surface area contributed by atoms with E-state index in [1.54, 1.807) is 13.3 Å². The summed E-state index contributed by atoms with van der Waals surface area (Å²) in [5.74, 6) is 0.518. The van der Waals surface area contributed by atoms with Gasteiger partial charge in [0.1, 0.15) is 5.82 Å². The van der Waals surface area contributed by atoms with Crippen molar-refractivity contribution in [3.63, 3.8) is 0 Å². The quantitative estimate of drug-likeness (QED) is 0.551. The molecule has 0 aliphatic rings. The number of rotatable bonds is 3. The van der Waals surface area contributed by atoms with Gasteiger partial charge in [0.05, 0.1) is 5.56 Å². The van der Waals surface area contributed by atoms with E-state index in [2.05, 4.69) is 15.3 Å². The fourth-order valence-electron chi connectivity index (χ4n) is 0.729. The zero-order valence-electron chi connectivity index (χ0n) is 6.79. The molecular formula is C7H8N3OS. The summed E-state index contributed by atoms with van der Waals surface area (Å²) < 4.78 is 0. The molecule has 1 radical (unpaired) electrons. The van der Waals surface area contributed by atoms with E-state index in [1.165, 1.54) is 18.0 Å². The van der Waals surface area contributed by atoms with E-state index in [-0.39, 0.29) is 0 Å². The van der Waals surface area contributed by atoms with Gasteiger partial charge in [-0.3, -0.25) is 4.79 Å². The Labute approximate surface area is 74.8 Å². The Morgan fingerprint density at radius 3 is 2.92 bits per heavy atom. The van der Waals surface area contributed by atoms with E-state index < -0.39 is 0 Å². The average Bonchev–Trinajstić information content (AvgIpc) is 2.16. The molecule has 63 valence electrons. The summed E-state index contributed by atoms with van der Waals surface area (Å²) in [5.41, 5.74) is 0.357. The Kier molecular flexibility index (Phi) is 3.04. The summed E-state index contributed by atoms with van der Waals surface area (Å²) in [5, 5.41) is 3.43. The molecule has 0 amide bonds. The molecule has 0 spiro atoms. The van der Waals surface area contributed by atoms with Crippen molar-refractivity contribution in [3.05, 3.63) is 11.8 Å². The van der Waals surface area contributed by atoms with Gasteiger partial charge in [0.15, 0.2) is 5.16 Å². The lowest BCUT2D eigenvalue weighted by Gasteiger charge is -2.02. The monoisotopic (exact) mass is 182 g/mol. The van der Waals surface area contributed by atoms with Gasteiger partial charge in [-0.05, 0) is 6.26 Å². The molecule has 0 unspecified atom stereocenters. The summed E-state index contributed by atoms with van der Waals surface area (Å²) >= 11 is 1.43.